The summed E-state index contributed by atoms with van der Waals surface area (Å²) in [7, 11) is -1.01. The van der Waals surface area contributed by atoms with Crippen LogP contribution < -0.4 is 0 Å². The van der Waals surface area contributed by atoms with Gasteiger partial charge in [0.05, 0.1) is 17.6 Å². The van der Waals surface area contributed by atoms with E-state index in [4.69, 9.17) is 14.4 Å². The first-order valence-corrected chi connectivity index (χ1v) is 7.60. The molecule has 6 heteroatoms. The molecule has 1 N–H and O–H groups in total. The van der Waals surface area contributed by atoms with Gasteiger partial charge in [-0.05, 0) is 58.4 Å². The summed E-state index contributed by atoms with van der Waals surface area (Å²) in [5.74, 6) is -1.13. The second-order valence-corrected chi connectivity index (χ2v) is 7.00. The fraction of sp³-hybridized carbons (Fsp3) is 0.800. The molecule has 21 heavy (non-hydrogen) atoms. The van der Waals surface area contributed by atoms with Gasteiger partial charge in [0, 0.05) is 0 Å². The molecule has 0 bridgehead atoms. The van der Waals surface area contributed by atoms with Gasteiger partial charge in [-0.25, -0.2) is 4.39 Å². The molecule has 2 rings (SSSR count). The van der Waals surface area contributed by atoms with E-state index < -0.39 is 30.0 Å². The summed E-state index contributed by atoms with van der Waals surface area (Å²) in [5.41, 5.74) is -1.03. The van der Waals surface area contributed by atoms with Gasteiger partial charge in [0.1, 0.15) is 5.73 Å². The Bertz CT molecular complexity index is 443. The van der Waals surface area contributed by atoms with Crippen LogP contribution in [-0.4, -0.2) is 29.4 Å². The average molecular weight is 298 g/mol. The minimum Gasteiger partial charge on any atom is -0.481 e. The minimum absolute atomic E-state index is 0.0255. The zero-order chi connectivity index (χ0) is 15.8. The number of aliphatic carboxylic acids is 1. The molecule has 118 valence electrons. The molecule has 0 aromatic rings. The summed E-state index contributed by atoms with van der Waals surface area (Å²) in [5, 5.41) is 8.99. The van der Waals surface area contributed by atoms with Crippen LogP contribution in [-0.2, 0) is 14.1 Å². The number of carboxylic acids is 1. The highest BCUT2D eigenvalue weighted by molar-refractivity contribution is 6.53. The van der Waals surface area contributed by atoms with E-state index in [-0.39, 0.29) is 12.3 Å². The van der Waals surface area contributed by atoms with E-state index in [2.05, 4.69) is 0 Å². The van der Waals surface area contributed by atoms with Crippen LogP contribution in [0.5, 0.6) is 0 Å². The second-order valence-electron chi connectivity index (χ2n) is 7.00. The molecule has 1 aliphatic carbocycles. The molecule has 0 amide bonds. The quantitative estimate of drug-likeness (QED) is 0.810. The maximum absolute atomic E-state index is 14.8. The summed E-state index contributed by atoms with van der Waals surface area (Å²) in [6, 6.07) is 0. The van der Waals surface area contributed by atoms with Crippen molar-refractivity contribution in [3.05, 3.63) is 11.3 Å². The van der Waals surface area contributed by atoms with Crippen molar-refractivity contribution >= 4 is 13.1 Å². The number of halogens is 1. The van der Waals surface area contributed by atoms with E-state index in [0.29, 0.717) is 18.4 Å². The van der Waals surface area contributed by atoms with Crippen LogP contribution in [0.1, 0.15) is 59.8 Å². The van der Waals surface area contributed by atoms with Gasteiger partial charge in [-0.2, -0.15) is 0 Å². The fourth-order valence-corrected chi connectivity index (χ4v) is 2.93. The van der Waals surface area contributed by atoms with Crippen molar-refractivity contribution in [3.63, 3.8) is 0 Å². The number of carboxylic acid groups (broad SMARTS) is 1. The van der Waals surface area contributed by atoms with Gasteiger partial charge in [-0.3, -0.25) is 4.79 Å². The first-order chi connectivity index (χ1) is 9.64. The highest BCUT2D eigenvalue weighted by atomic mass is 19.1. The van der Waals surface area contributed by atoms with Gasteiger partial charge in [-0.15, -0.1) is 0 Å². The number of hydrogen-bond acceptors (Lipinski definition) is 3. The maximum Gasteiger partial charge on any atom is 0.525 e. The van der Waals surface area contributed by atoms with E-state index in [0.717, 1.165) is 12.8 Å². The SMILES string of the molecule is CC1(C)OB(C(F)=C2CCCCC2CC(=O)O)OC1(C)C. The van der Waals surface area contributed by atoms with E-state index in [1.54, 1.807) is 0 Å². The van der Waals surface area contributed by atoms with Gasteiger partial charge in [0.15, 0.2) is 0 Å². The molecule has 1 atom stereocenters. The second kappa shape index (κ2) is 5.73. The summed E-state index contributed by atoms with van der Waals surface area (Å²) in [4.78, 5) is 11.0. The molecule has 0 radical (unpaired) electrons. The van der Waals surface area contributed by atoms with Crippen molar-refractivity contribution in [2.45, 2.75) is 71.0 Å². The average Bonchev–Trinajstić information content (AvgIpc) is 2.57. The zero-order valence-corrected chi connectivity index (χ0v) is 13.2. The third kappa shape index (κ3) is 3.32. The summed E-state index contributed by atoms with van der Waals surface area (Å²) < 4.78 is 26.3. The Labute approximate surface area is 125 Å². The van der Waals surface area contributed by atoms with Crippen molar-refractivity contribution in [1.29, 1.82) is 0 Å². The molecule has 1 aliphatic heterocycles. The predicted molar refractivity (Wildman–Crippen MR) is 78.4 cm³/mol. The van der Waals surface area contributed by atoms with Gasteiger partial charge in [-0.1, -0.05) is 6.42 Å². The number of hydrogen-bond donors (Lipinski definition) is 1. The normalized spacial score (nSPS) is 30.3. The fourth-order valence-electron chi connectivity index (χ4n) is 2.93. The lowest BCUT2D eigenvalue weighted by Crippen LogP contribution is -2.41. The Kier molecular flexibility index (Phi) is 4.50. The molecule has 1 heterocycles. The van der Waals surface area contributed by atoms with Crippen LogP contribution in [0.2, 0.25) is 0 Å². The molecule has 0 aromatic heterocycles. The lowest BCUT2D eigenvalue weighted by molar-refractivity contribution is -0.137. The molecule has 1 saturated carbocycles. The van der Waals surface area contributed by atoms with Gasteiger partial charge in [0.2, 0.25) is 0 Å². The first kappa shape index (κ1) is 16.5. The Balaban J connectivity index is 2.23. The summed E-state index contributed by atoms with van der Waals surface area (Å²) >= 11 is 0. The first-order valence-electron chi connectivity index (χ1n) is 7.60. The molecule has 0 aromatic carbocycles. The Morgan fingerprint density at radius 3 is 2.38 bits per heavy atom. The lowest BCUT2D eigenvalue weighted by Gasteiger charge is -2.32. The zero-order valence-electron chi connectivity index (χ0n) is 13.2. The molecule has 0 spiro atoms. The standard InChI is InChI=1S/C15H24BFO4/c1-14(2)15(3,4)21-16(20-14)13(17)11-8-6-5-7-10(11)9-12(18)19/h10H,5-9H2,1-4H3,(H,18,19). The smallest absolute Gasteiger partial charge is 0.481 e. The minimum atomic E-state index is -1.01. The largest absolute Gasteiger partial charge is 0.525 e. The van der Waals surface area contributed by atoms with Crippen molar-refractivity contribution in [1.82, 2.24) is 0 Å². The number of rotatable bonds is 3. The molecule has 2 aliphatic rings. The van der Waals surface area contributed by atoms with Gasteiger partial charge in [0.25, 0.3) is 0 Å². The Morgan fingerprint density at radius 1 is 1.29 bits per heavy atom. The van der Waals surface area contributed by atoms with Crippen molar-refractivity contribution < 1.29 is 23.6 Å². The lowest BCUT2D eigenvalue weighted by atomic mass is 9.74. The Hall–Kier alpha value is -0.875. The molecule has 1 unspecified atom stereocenters. The summed E-state index contributed by atoms with van der Waals surface area (Å²) in [6.45, 7) is 7.50. The van der Waals surface area contributed by atoms with Crippen molar-refractivity contribution in [2.75, 3.05) is 0 Å². The van der Waals surface area contributed by atoms with Crippen molar-refractivity contribution in [3.8, 4) is 0 Å². The highest BCUT2D eigenvalue weighted by Crippen LogP contribution is 2.42. The molecule has 2 fully saturated rings. The molecule has 1 saturated heterocycles. The van der Waals surface area contributed by atoms with Crippen molar-refractivity contribution in [2.24, 2.45) is 5.92 Å². The molecular weight excluding hydrogens is 274 g/mol. The topological polar surface area (TPSA) is 55.8 Å². The van der Waals surface area contributed by atoms with Gasteiger partial charge >= 0.3 is 13.1 Å². The highest BCUT2D eigenvalue weighted by Gasteiger charge is 2.53. The number of carbonyl (C=O) groups is 1. The molecular formula is C15H24BFO4. The Morgan fingerprint density at radius 2 is 1.86 bits per heavy atom. The van der Waals surface area contributed by atoms with Crippen LogP contribution in [0, 0.1) is 5.92 Å². The summed E-state index contributed by atoms with van der Waals surface area (Å²) in [6.07, 6.45) is 3.11. The third-order valence-corrected chi connectivity index (χ3v) is 4.93. The van der Waals surface area contributed by atoms with Gasteiger partial charge < -0.3 is 14.4 Å². The van der Waals surface area contributed by atoms with E-state index in [1.807, 2.05) is 27.7 Å². The van der Waals surface area contributed by atoms with Crippen LogP contribution >= 0.6 is 0 Å². The molecule has 4 nitrogen and oxygen atoms in total. The van der Waals surface area contributed by atoms with E-state index in [9.17, 15) is 9.18 Å². The van der Waals surface area contributed by atoms with E-state index in [1.165, 1.54) is 0 Å². The van der Waals surface area contributed by atoms with Crippen LogP contribution in [0.3, 0.4) is 0 Å². The van der Waals surface area contributed by atoms with Crippen LogP contribution in [0.15, 0.2) is 11.3 Å². The van der Waals surface area contributed by atoms with Crippen LogP contribution in [0.4, 0.5) is 4.39 Å². The monoisotopic (exact) mass is 298 g/mol. The number of allylic oxidation sites excluding steroid dienone is 1. The third-order valence-electron chi connectivity index (χ3n) is 4.93. The maximum atomic E-state index is 14.8. The van der Waals surface area contributed by atoms with E-state index >= 15 is 0 Å². The van der Waals surface area contributed by atoms with Crippen LogP contribution in [0.25, 0.3) is 0 Å². The predicted octanol–water partition coefficient (Wildman–Crippen LogP) is 3.51.